The second-order valence-electron chi connectivity index (χ2n) is 4.59. The highest BCUT2D eigenvalue weighted by Gasteiger charge is 2.17. The summed E-state index contributed by atoms with van der Waals surface area (Å²) in [5.41, 5.74) is -0.0900. The third-order valence-corrected chi connectivity index (χ3v) is 4.06. The Labute approximate surface area is 145 Å². The highest BCUT2D eigenvalue weighted by molar-refractivity contribution is 7.80. The van der Waals surface area contributed by atoms with Crippen molar-refractivity contribution in [2.75, 3.05) is 17.7 Å². The van der Waals surface area contributed by atoms with Crippen LogP contribution in [0.2, 0.25) is 0 Å². The Morgan fingerprint density at radius 2 is 2.08 bits per heavy atom. The SMILES string of the molecule is COC(=O)c1cc(C)sc1NC(=S)Nc1ccc(F)c([N+](=O)[O-])c1. The first-order valence-electron chi connectivity index (χ1n) is 6.52. The molecule has 1 heterocycles. The zero-order valence-electron chi connectivity index (χ0n) is 12.6. The predicted molar refractivity (Wildman–Crippen MR) is 93.3 cm³/mol. The Morgan fingerprint density at radius 3 is 2.71 bits per heavy atom. The van der Waals surface area contributed by atoms with Gasteiger partial charge in [0, 0.05) is 16.6 Å². The maximum absolute atomic E-state index is 13.3. The van der Waals surface area contributed by atoms with Gasteiger partial charge in [0.2, 0.25) is 5.82 Å². The van der Waals surface area contributed by atoms with E-state index < -0.39 is 22.4 Å². The molecule has 2 N–H and O–H groups in total. The number of ether oxygens (including phenoxy) is 1. The fraction of sp³-hybridized carbons (Fsp3) is 0.143. The van der Waals surface area contributed by atoms with Gasteiger partial charge in [0.1, 0.15) is 5.00 Å². The first-order chi connectivity index (χ1) is 11.3. The van der Waals surface area contributed by atoms with Gasteiger partial charge in [-0.05, 0) is 37.3 Å². The molecule has 0 spiro atoms. The minimum Gasteiger partial charge on any atom is -0.465 e. The minimum absolute atomic E-state index is 0.0999. The van der Waals surface area contributed by atoms with Crippen molar-refractivity contribution in [1.29, 1.82) is 0 Å². The van der Waals surface area contributed by atoms with E-state index in [1.807, 2.05) is 6.92 Å². The van der Waals surface area contributed by atoms with Gasteiger partial charge in [-0.25, -0.2) is 4.79 Å². The third kappa shape index (κ3) is 4.03. The Kier molecular flexibility index (Phi) is 5.42. The summed E-state index contributed by atoms with van der Waals surface area (Å²) in [6.07, 6.45) is 0. The van der Waals surface area contributed by atoms with Crippen LogP contribution in [0.5, 0.6) is 0 Å². The van der Waals surface area contributed by atoms with Crippen LogP contribution in [0, 0.1) is 22.9 Å². The van der Waals surface area contributed by atoms with Gasteiger partial charge < -0.3 is 15.4 Å². The number of nitro benzene ring substituents is 1. The number of hydrogen-bond acceptors (Lipinski definition) is 6. The van der Waals surface area contributed by atoms with Gasteiger partial charge >= 0.3 is 11.7 Å². The molecule has 0 saturated heterocycles. The van der Waals surface area contributed by atoms with E-state index in [1.165, 1.54) is 24.5 Å². The van der Waals surface area contributed by atoms with Crippen LogP contribution >= 0.6 is 23.6 Å². The fourth-order valence-corrected chi connectivity index (χ4v) is 3.05. The Balaban J connectivity index is 2.16. The molecule has 7 nitrogen and oxygen atoms in total. The molecule has 0 amide bonds. The number of nitro groups is 1. The van der Waals surface area contributed by atoms with E-state index in [1.54, 1.807) is 6.07 Å². The number of benzene rings is 1. The number of aryl methyl sites for hydroxylation is 1. The Morgan fingerprint density at radius 1 is 1.38 bits per heavy atom. The van der Waals surface area contributed by atoms with Crippen LogP contribution in [-0.2, 0) is 4.74 Å². The van der Waals surface area contributed by atoms with Crippen LogP contribution in [0.4, 0.5) is 20.8 Å². The van der Waals surface area contributed by atoms with Crippen molar-refractivity contribution in [3.05, 3.63) is 50.6 Å². The van der Waals surface area contributed by atoms with Gasteiger partial charge in [-0.15, -0.1) is 11.3 Å². The molecule has 0 atom stereocenters. The average molecular weight is 369 g/mol. The molecule has 0 saturated carbocycles. The van der Waals surface area contributed by atoms with E-state index in [0.29, 0.717) is 10.6 Å². The van der Waals surface area contributed by atoms with Crippen LogP contribution in [0.3, 0.4) is 0 Å². The number of halogens is 1. The summed E-state index contributed by atoms with van der Waals surface area (Å²) < 4.78 is 18.0. The Bertz CT molecular complexity index is 822. The highest BCUT2D eigenvalue weighted by atomic mass is 32.1. The van der Waals surface area contributed by atoms with E-state index >= 15 is 0 Å². The van der Waals surface area contributed by atoms with E-state index in [4.69, 9.17) is 17.0 Å². The van der Waals surface area contributed by atoms with Crippen LogP contribution < -0.4 is 10.6 Å². The number of carbonyl (C=O) groups excluding carboxylic acids is 1. The third-order valence-electron chi connectivity index (χ3n) is 2.89. The molecular formula is C14H12FN3O4S2. The lowest BCUT2D eigenvalue weighted by Gasteiger charge is -2.10. The van der Waals surface area contributed by atoms with Gasteiger partial charge in [0.15, 0.2) is 5.11 Å². The first-order valence-corrected chi connectivity index (χ1v) is 7.75. The standard InChI is InChI=1S/C14H12FN3O4S2/c1-7-5-9(13(19)22-2)12(24-7)17-14(23)16-8-3-4-10(15)11(6-8)18(20)21/h3-6H,1-2H3,(H2,16,17,23). The number of thiophene rings is 1. The summed E-state index contributed by atoms with van der Waals surface area (Å²) in [5.74, 6) is -1.45. The number of hydrogen-bond donors (Lipinski definition) is 2. The van der Waals surface area contributed by atoms with Crippen molar-refractivity contribution in [3.8, 4) is 0 Å². The van der Waals surface area contributed by atoms with E-state index in [2.05, 4.69) is 10.6 Å². The lowest BCUT2D eigenvalue weighted by molar-refractivity contribution is -0.387. The van der Waals surface area contributed by atoms with Crippen LogP contribution in [-0.4, -0.2) is 23.1 Å². The molecular weight excluding hydrogens is 357 g/mol. The molecule has 0 radical (unpaired) electrons. The number of carbonyl (C=O) groups is 1. The molecule has 1 aromatic carbocycles. The zero-order chi connectivity index (χ0) is 17.9. The normalized spacial score (nSPS) is 10.1. The van der Waals surface area contributed by atoms with Crippen molar-refractivity contribution in [3.63, 3.8) is 0 Å². The summed E-state index contributed by atoms with van der Waals surface area (Å²) in [6.45, 7) is 1.82. The maximum Gasteiger partial charge on any atom is 0.340 e. The number of thiocarbonyl (C=S) groups is 1. The second kappa shape index (κ2) is 7.32. The summed E-state index contributed by atoms with van der Waals surface area (Å²) >= 11 is 6.42. The second-order valence-corrected chi connectivity index (χ2v) is 6.26. The van der Waals surface area contributed by atoms with Gasteiger partial charge in [-0.2, -0.15) is 4.39 Å². The van der Waals surface area contributed by atoms with Crippen molar-refractivity contribution in [2.24, 2.45) is 0 Å². The number of nitrogens with zero attached hydrogens (tertiary/aromatic N) is 1. The quantitative estimate of drug-likeness (QED) is 0.367. The topological polar surface area (TPSA) is 93.5 Å². The average Bonchev–Trinajstić information content (AvgIpc) is 2.88. The van der Waals surface area contributed by atoms with E-state index in [0.717, 1.165) is 17.0 Å². The Hall–Kier alpha value is -2.59. The van der Waals surface area contributed by atoms with Crippen molar-refractivity contribution in [1.82, 2.24) is 0 Å². The van der Waals surface area contributed by atoms with Gasteiger partial charge in [-0.3, -0.25) is 10.1 Å². The van der Waals surface area contributed by atoms with Gasteiger partial charge in [-0.1, -0.05) is 0 Å². The number of esters is 1. The predicted octanol–water partition coefficient (Wildman–Crippen LogP) is 3.70. The summed E-state index contributed by atoms with van der Waals surface area (Å²) in [4.78, 5) is 22.5. The smallest absolute Gasteiger partial charge is 0.340 e. The molecule has 0 unspecified atom stereocenters. The van der Waals surface area contributed by atoms with Crippen molar-refractivity contribution >= 4 is 51.0 Å². The lowest BCUT2D eigenvalue weighted by Crippen LogP contribution is -2.20. The van der Waals surface area contributed by atoms with Crippen LogP contribution in [0.1, 0.15) is 15.2 Å². The summed E-state index contributed by atoms with van der Waals surface area (Å²) in [5, 5.41) is 16.9. The molecule has 0 fully saturated rings. The molecule has 24 heavy (non-hydrogen) atoms. The van der Waals surface area contributed by atoms with E-state index in [-0.39, 0.29) is 10.8 Å². The molecule has 126 valence electrons. The molecule has 1 aromatic heterocycles. The minimum atomic E-state index is -0.939. The number of anilines is 2. The molecule has 0 aliphatic carbocycles. The molecule has 0 bridgehead atoms. The molecule has 0 aliphatic heterocycles. The van der Waals surface area contributed by atoms with Crippen molar-refractivity contribution in [2.45, 2.75) is 6.92 Å². The molecule has 2 rings (SSSR count). The largest absolute Gasteiger partial charge is 0.465 e. The van der Waals surface area contributed by atoms with Crippen LogP contribution in [0.25, 0.3) is 0 Å². The fourth-order valence-electron chi connectivity index (χ4n) is 1.86. The highest BCUT2D eigenvalue weighted by Crippen LogP contribution is 2.28. The number of nitrogens with one attached hydrogen (secondary N) is 2. The van der Waals surface area contributed by atoms with Gasteiger partial charge in [0.05, 0.1) is 17.6 Å². The van der Waals surface area contributed by atoms with Gasteiger partial charge in [0.25, 0.3) is 0 Å². The van der Waals surface area contributed by atoms with Crippen molar-refractivity contribution < 1.29 is 18.8 Å². The first kappa shape index (κ1) is 17.8. The lowest BCUT2D eigenvalue weighted by atomic mass is 10.2. The number of methoxy groups -OCH3 is 1. The maximum atomic E-state index is 13.3. The van der Waals surface area contributed by atoms with E-state index in [9.17, 15) is 19.3 Å². The molecule has 0 aliphatic rings. The molecule has 2 aromatic rings. The van der Waals surface area contributed by atoms with Crippen LogP contribution in [0.15, 0.2) is 24.3 Å². The summed E-state index contributed by atoms with van der Waals surface area (Å²) in [6, 6.07) is 4.98. The molecule has 10 heteroatoms. The summed E-state index contributed by atoms with van der Waals surface area (Å²) in [7, 11) is 1.27. The zero-order valence-corrected chi connectivity index (χ0v) is 14.2. The monoisotopic (exact) mass is 369 g/mol. The number of rotatable bonds is 4.